The lowest BCUT2D eigenvalue weighted by Gasteiger charge is -2.29. The van der Waals surface area contributed by atoms with Crippen molar-refractivity contribution in [1.29, 1.82) is 0 Å². The summed E-state index contributed by atoms with van der Waals surface area (Å²) >= 11 is 0. The molecule has 1 fully saturated rings. The van der Waals surface area contributed by atoms with Crippen LogP contribution in [0.25, 0.3) is 0 Å². The highest BCUT2D eigenvalue weighted by molar-refractivity contribution is 7.84. The minimum Gasteiger partial charge on any atom is -0.480 e. The first-order valence-corrected chi connectivity index (χ1v) is 8.71. The molecule has 0 aromatic rings. The summed E-state index contributed by atoms with van der Waals surface area (Å²) in [6.45, 7) is 1.58. The fourth-order valence-electron chi connectivity index (χ4n) is 2.44. The Morgan fingerprint density at radius 3 is 2.50 bits per heavy atom. The van der Waals surface area contributed by atoms with Crippen LogP contribution in [0.2, 0.25) is 0 Å². The normalized spacial score (nSPS) is 18.5. The molecule has 0 bridgehead atoms. The van der Waals surface area contributed by atoms with Gasteiger partial charge in [-0.2, -0.15) is 0 Å². The van der Waals surface area contributed by atoms with Gasteiger partial charge >= 0.3 is 12.0 Å². The molecule has 2 unspecified atom stereocenters. The summed E-state index contributed by atoms with van der Waals surface area (Å²) in [6, 6.07) is -0.406. The van der Waals surface area contributed by atoms with Gasteiger partial charge in [-0.25, -0.2) is 4.79 Å². The van der Waals surface area contributed by atoms with E-state index in [9.17, 15) is 13.8 Å². The number of nitrogens with one attached hydrogen (secondary N) is 1. The summed E-state index contributed by atoms with van der Waals surface area (Å²) in [5.41, 5.74) is 0. The minimum absolute atomic E-state index is 0.0265. The highest BCUT2D eigenvalue weighted by Gasteiger charge is 2.28. The fourth-order valence-corrected chi connectivity index (χ4v) is 3.12. The molecule has 0 saturated heterocycles. The monoisotopic (exact) mass is 304 g/mol. The van der Waals surface area contributed by atoms with Gasteiger partial charge in [0, 0.05) is 34.9 Å². The average Bonchev–Trinajstić information content (AvgIpc) is 2.86. The molecule has 6 nitrogen and oxygen atoms in total. The van der Waals surface area contributed by atoms with E-state index in [0.29, 0.717) is 12.2 Å². The number of hydrogen-bond donors (Lipinski definition) is 2. The second-order valence-electron chi connectivity index (χ2n) is 5.38. The van der Waals surface area contributed by atoms with E-state index >= 15 is 0 Å². The van der Waals surface area contributed by atoms with Crippen LogP contribution in [0.15, 0.2) is 0 Å². The number of nitrogens with zero attached hydrogens (tertiary/aromatic N) is 1. The molecule has 0 aromatic heterocycles. The maximum atomic E-state index is 12.2. The first kappa shape index (κ1) is 16.9. The van der Waals surface area contributed by atoms with E-state index in [4.69, 9.17) is 5.11 Å². The van der Waals surface area contributed by atoms with Crippen LogP contribution < -0.4 is 5.32 Å². The summed E-state index contributed by atoms with van der Waals surface area (Å²) in [6.07, 6.45) is 6.07. The summed E-state index contributed by atoms with van der Waals surface area (Å²) in [5.74, 6) is -0.460. The first-order chi connectivity index (χ1) is 9.40. The minimum atomic E-state index is -0.991. The predicted molar refractivity (Wildman–Crippen MR) is 78.1 cm³/mol. The molecule has 2 amide bonds. The van der Waals surface area contributed by atoms with Gasteiger partial charge in [0.05, 0.1) is 0 Å². The van der Waals surface area contributed by atoms with Crippen molar-refractivity contribution in [2.75, 3.05) is 18.6 Å². The van der Waals surface area contributed by atoms with Crippen molar-refractivity contribution < 1.29 is 18.9 Å². The van der Waals surface area contributed by atoms with Crippen LogP contribution in [0.5, 0.6) is 0 Å². The Kier molecular flexibility index (Phi) is 6.98. The van der Waals surface area contributed by atoms with Crippen LogP contribution in [0.4, 0.5) is 4.79 Å². The van der Waals surface area contributed by atoms with E-state index in [1.165, 1.54) is 4.90 Å². The van der Waals surface area contributed by atoms with Crippen LogP contribution >= 0.6 is 0 Å². The van der Waals surface area contributed by atoms with Crippen LogP contribution in [0.1, 0.15) is 39.0 Å². The predicted octanol–water partition coefficient (Wildman–Crippen LogP) is 1.18. The third kappa shape index (κ3) is 5.90. The summed E-state index contributed by atoms with van der Waals surface area (Å²) in [4.78, 5) is 24.5. The SMILES string of the molecule is CC(CCS(C)=O)NC(=O)N(CC(=O)O)C1CCCC1. The molecule has 20 heavy (non-hydrogen) atoms. The smallest absolute Gasteiger partial charge is 0.323 e. The van der Waals surface area contributed by atoms with Gasteiger partial charge in [-0.3, -0.25) is 9.00 Å². The van der Waals surface area contributed by atoms with Crippen molar-refractivity contribution in [2.45, 2.75) is 51.1 Å². The lowest BCUT2D eigenvalue weighted by atomic mass is 10.2. The van der Waals surface area contributed by atoms with Gasteiger partial charge in [0.2, 0.25) is 0 Å². The number of urea groups is 1. The molecule has 1 aliphatic rings. The van der Waals surface area contributed by atoms with Gasteiger partial charge in [-0.1, -0.05) is 12.8 Å². The Labute approximate surface area is 122 Å². The molecule has 0 spiro atoms. The average molecular weight is 304 g/mol. The van der Waals surface area contributed by atoms with E-state index in [-0.39, 0.29) is 24.7 Å². The molecule has 0 heterocycles. The topological polar surface area (TPSA) is 86.7 Å². The van der Waals surface area contributed by atoms with Crippen LogP contribution in [0.3, 0.4) is 0 Å². The third-order valence-corrected chi connectivity index (χ3v) is 4.35. The molecule has 7 heteroatoms. The maximum Gasteiger partial charge on any atom is 0.323 e. The molecule has 116 valence electrons. The molecule has 2 N–H and O–H groups in total. The van der Waals surface area contributed by atoms with Crippen molar-refractivity contribution in [3.8, 4) is 0 Å². The molecule has 0 radical (unpaired) electrons. The zero-order valence-corrected chi connectivity index (χ0v) is 12.9. The summed E-state index contributed by atoms with van der Waals surface area (Å²) < 4.78 is 11.0. The molecule has 0 aliphatic heterocycles. The van der Waals surface area contributed by atoms with E-state index in [1.807, 2.05) is 6.92 Å². The Hall–Kier alpha value is -1.11. The molecular weight excluding hydrogens is 280 g/mol. The second kappa shape index (κ2) is 8.24. The molecule has 1 saturated carbocycles. The van der Waals surface area contributed by atoms with Crippen LogP contribution in [-0.4, -0.2) is 56.9 Å². The quantitative estimate of drug-likeness (QED) is 0.739. The Bertz CT molecular complexity index is 369. The van der Waals surface area contributed by atoms with Crippen LogP contribution in [0, 0.1) is 0 Å². The van der Waals surface area contributed by atoms with Gasteiger partial charge < -0.3 is 15.3 Å². The highest BCUT2D eigenvalue weighted by Crippen LogP contribution is 2.23. The fraction of sp³-hybridized carbons (Fsp3) is 0.846. The van der Waals surface area contributed by atoms with Crippen molar-refractivity contribution in [3.63, 3.8) is 0 Å². The van der Waals surface area contributed by atoms with E-state index < -0.39 is 16.8 Å². The largest absolute Gasteiger partial charge is 0.480 e. The molecule has 2 atom stereocenters. The molecule has 1 aliphatic carbocycles. The second-order valence-corrected chi connectivity index (χ2v) is 6.93. The Balaban J connectivity index is 2.53. The first-order valence-electron chi connectivity index (χ1n) is 6.99. The number of carbonyl (C=O) groups is 2. The van der Waals surface area contributed by atoms with E-state index in [1.54, 1.807) is 6.26 Å². The van der Waals surface area contributed by atoms with Crippen molar-refractivity contribution >= 4 is 22.8 Å². The van der Waals surface area contributed by atoms with E-state index in [0.717, 1.165) is 25.7 Å². The third-order valence-electron chi connectivity index (χ3n) is 3.54. The number of hydrogen-bond acceptors (Lipinski definition) is 3. The van der Waals surface area contributed by atoms with Gasteiger partial charge in [-0.15, -0.1) is 0 Å². The molecule has 0 aromatic carbocycles. The number of carboxylic acid groups (broad SMARTS) is 1. The number of amides is 2. The molecule has 1 rings (SSSR count). The number of carbonyl (C=O) groups excluding carboxylic acids is 1. The number of carboxylic acids is 1. The van der Waals surface area contributed by atoms with Crippen LogP contribution in [-0.2, 0) is 15.6 Å². The van der Waals surface area contributed by atoms with Gasteiger partial charge in [0.1, 0.15) is 6.54 Å². The Morgan fingerprint density at radius 2 is 2.00 bits per heavy atom. The maximum absolute atomic E-state index is 12.2. The lowest BCUT2D eigenvalue weighted by molar-refractivity contribution is -0.138. The van der Waals surface area contributed by atoms with Gasteiger partial charge in [0.25, 0.3) is 0 Å². The van der Waals surface area contributed by atoms with Crippen molar-refractivity contribution in [1.82, 2.24) is 10.2 Å². The summed E-state index contributed by atoms with van der Waals surface area (Å²) in [7, 11) is -0.882. The number of aliphatic carboxylic acids is 1. The standard InChI is InChI=1S/C13H24N2O4S/c1-10(7-8-20(2)19)14-13(18)15(9-12(16)17)11-5-3-4-6-11/h10-11H,3-9H2,1-2H3,(H,14,18)(H,16,17). The lowest BCUT2D eigenvalue weighted by Crippen LogP contribution is -2.50. The van der Waals surface area contributed by atoms with E-state index in [2.05, 4.69) is 5.32 Å². The van der Waals surface area contributed by atoms with Crippen molar-refractivity contribution in [3.05, 3.63) is 0 Å². The zero-order valence-electron chi connectivity index (χ0n) is 12.1. The van der Waals surface area contributed by atoms with Gasteiger partial charge in [-0.05, 0) is 26.2 Å². The zero-order chi connectivity index (χ0) is 15.1. The number of rotatable bonds is 7. The molecular formula is C13H24N2O4S. The highest BCUT2D eigenvalue weighted by atomic mass is 32.2. The van der Waals surface area contributed by atoms with Crippen molar-refractivity contribution in [2.24, 2.45) is 0 Å². The summed E-state index contributed by atoms with van der Waals surface area (Å²) in [5, 5.41) is 11.7. The Morgan fingerprint density at radius 1 is 1.40 bits per heavy atom. The van der Waals surface area contributed by atoms with Gasteiger partial charge in [0.15, 0.2) is 0 Å².